The monoisotopic (exact) mass is 443 g/mol. The molecule has 0 radical (unpaired) electrons. The van der Waals surface area contributed by atoms with Crippen molar-refractivity contribution in [1.29, 1.82) is 0 Å². The van der Waals surface area contributed by atoms with Crippen molar-refractivity contribution in [2.75, 3.05) is 0 Å². The highest BCUT2D eigenvalue weighted by molar-refractivity contribution is 9.09. The summed E-state index contributed by atoms with van der Waals surface area (Å²) in [5.74, 6) is 1.89. The van der Waals surface area contributed by atoms with Crippen LogP contribution in [0.2, 0.25) is 0 Å². The molecule has 0 N–H and O–H groups in total. The topological polar surface area (TPSA) is 30.0 Å². The molecule has 0 amide bonds. The number of alkyl halides is 1. The first-order valence-corrected chi connectivity index (χ1v) is 11.4. The van der Waals surface area contributed by atoms with Crippen molar-refractivity contribution < 1.29 is 9.18 Å². The minimum absolute atomic E-state index is 0.0887. The number of halogens is 2. The lowest BCUT2D eigenvalue weighted by Crippen LogP contribution is -2.52. The molecule has 6 unspecified atom stereocenters. The third kappa shape index (κ3) is 2.56. The number of ketones is 1. The van der Waals surface area contributed by atoms with Crippen LogP contribution in [0.3, 0.4) is 0 Å². The Balaban J connectivity index is 1.50. The molecule has 2 saturated carbocycles. The fraction of sp³-hybridized carbons (Fsp3) is 0.583. The Hall–Kier alpha value is -1.29. The van der Waals surface area contributed by atoms with Gasteiger partial charge >= 0.3 is 0 Å². The molecule has 28 heavy (non-hydrogen) atoms. The zero-order valence-electron chi connectivity index (χ0n) is 16.6. The van der Waals surface area contributed by atoms with E-state index in [0.717, 1.165) is 31.2 Å². The van der Waals surface area contributed by atoms with Gasteiger partial charge in [-0.2, -0.15) is 0 Å². The van der Waals surface area contributed by atoms with E-state index in [-0.39, 0.29) is 16.6 Å². The summed E-state index contributed by atoms with van der Waals surface area (Å²) in [7, 11) is 0. The highest BCUT2D eigenvalue weighted by Crippen LogP contribution is 2.67. The maximum absolute atomic E-state index is 13.8. The average molecular weight is 444 g/mol. The van der Waals surface area contributed by atoms with Gasteiger partial charge in [0.25, 0.3) is 0 Å². The minimum atomic E-state index is -0.258. The van der Waals surface area contributed by atoms with Crippen molar-refractivity contribution in [1.82, 2.24) is 4.98 Å². The quantitative estimate of drug-likeness (QED) is 0.489. The van der Waals surface area contributed by atoms with Gasteiger partial charge in [-0.3, -0.25) is 9.78 Å². The van der Waals surface area contributed by atoms with E-state index < -0.39 is 0 Å². The highest BCUT2D eigenvalue weighted by atomic mass is 79.9. The summed E-state index contributed by atoms with van der Waals surface area (Å²) in [5, 5.41) is 0. The molecule has 0 aliphatic heterocycles. The van der Waals surface area contributed by atoms with E-state index in [0.29, 0.717) is 34.8 Å². The van der Waals surface area contributed by atoms with Crippen LogP contribution in [-0.2, 0) is 4.79 Å². The molecule has 0 bridgehead atoms. The summed E-state index contributed by atoms with van der Waals surface area (Å²) < 4.78 is 13.8. The molecule has 4 heteroatoms. The van der Waals surface area contributed by atoms with Crippen molar-refractivity contribution >= 4 is 27.3 Å². The molecule has 5 rings (SSSR count). The third-order valence-corrected chi connectivity index (χ3v) is 9.40. The number of hydrogen-bond acceptors (Lipinski definition) is 2. The molecule has 1 aromatic rings. The van der Waals surface area contributed by atoms with Crippen LogP contribution in [0.15, 0.2) is 36.2 Å². The maximum Gasteiger partial charge on any atom is 0.155 e. The molecule has 0 aromatic carbocycles. The summed E-state index contributed by atoms with van der Waals surface area (Å²) in [6.45, 7) is 4.79. The Labute approximate surface area is 174 Å². The largest absolute Gasteiger partial charge is 0.295 e. The number of rotatable bonds is 1. The van der Waals surface area contributed by atoms with Gasteiger partial charge in [-0.25, -0.2) is 4.39 Å². The van der Waals surface area contributed by atoms with Gasteiger partial charge in [0.2, 0.25) is 0 Å². The molecular formula is C24H27BrFNO. The molecule has 6 atom stereocenters. The number of carbonyl (C=O) groups is 1. The molecule has 1 heterocycles. The van der Waals surface area contributed by atoms with E-state index >= 15 is 0 Å². The highest BCUT2D eigenvalue weighted by Gasteiger charge is 2.58. The standard InChI is InChI=1S/C24H27BrFNO/c1-23-8-6-20-17(11-22(25)21-10-16(28)5-7-24(20,21)2)19(23)4-3-18(23)14-9-15(26)13-27-12-14/h3,9-10,12-13,17,19-20,22H,4-8,11H2,1-2H3. The molecule has 0 saturated heterocycles. The predicted octanol–water partition coefficient (Wildman–Crippen LogP) is 6.12. The lowest BCUT2D eigenvalue weighted by Gasteiger charge is -2.59. The number of allylic oxidation sites excluding steroid dienone is 4. The molecule has 2 fully saturated rings. The van der Waals surface area contributed by atoms with E-state index in [1.54, 1.807) is 6.07 Å². The zero-order valence-corrected chi connectivity index (χ0v) is 18.1. The molecule has 4 aliphatic carbocycles. The van der Waals surface area contributed by atoms with E-state index in [9.17, 15) is 9.18 Å². The van der Waals surface area contributed by atoms with E-state index in [4.69, 9.17) is 0 Å². The van der Waals surface area contributed by atoms with Gasteiger partial charge in [-0.15, -0.1) is 0 Å². The van der Waals surface area contributed by atoms with Gasteiger partial charge in [-0.1, -0.05) is 35.9 Å². The molecule has 148 valence electrons. The van der Waals surface area contributed by atoms with Gasteiger partial charge in [0.1, 0.15) is 5.82 Å². The van der Waals surface area contributed by atoms with Crippen LogP contribution in [0.4, 0.5) is 4.39 Å². The Morgan fingerprint density at radius 2 is 2.00 bits per heavy atom. The number of hydrogen-bond donors (Lipinski definition) is 0. The Morgan fingerprint density at radius 1 is 1.18 bits per heavy atom. The van der Waals surface area contributed by atoms with E-state index in [1.807, 2.05) is 12.3 Å². The van der Waals surface area contributed by atoms with Gasteiger partial charge < -0.3 is 0 Å². The van der Waals surface area contributed by atoms with Crippen LogP contribution in [0.1, 0.15) is 57.9 Å². The van der Waals surface area contributed by atoms with Crippen LogP contribution >= 0.6 is 15.9 Å². The Kier molecular flexibility index (Phi) is 4.25. The molecule has 4 aliphatic rings. The normalized spacial score (nSPS) is 42.2. The summed E-state index contributed by atoms with van der Waals surface area (Å²) >= 11 is 3.94. The second kappa shape index (κ2) is 6.35. The average Bonchev–Trinajstić information content (AvgIpc) is 3.01. The lowest BCUT2D eigenvalue weighted by molar-refractivity contribution is -0.117. The van der Waals surface area contributed by atoms with Gasteiger partial charge in [0.15, 0.2) is 5.78 Å². The number of carbonyl (C=O) groups excluding carboxylic acids is 1. The maximum atomic E-state index is 13.8. The minimum Gasteiger partial charge on any atom is -0.295 e. The zero-order chi connectivity index (χ0) is 19.7. The number of pyridine rings is 1. The lowest BCUT2D eigenvalue weighted by atomic mass is 9.46. The Bertz CT molecular complexity index is 908. The number of nitrogens with zero attached hydrogens (tertiary/aromatic N) is 1. The van der Waals surface area contributed by atoms with Crippen LogP contribution < -0.4 is 0 Å². The van der Waals surface area contributed by atoms with Crippen LogP contribution in [0.25, 0.3) is 5.57 Å². The molecule has 1 aromatic heterocycles. The SMILES string of the molecule is CC12CCC3C(CC(Br)C4=CC(=O)CCC43C)C1CC=C2c1cncc(F)c1. The van der Waals surface area contributed by atoms with Crippen molar-refractivity contribution in [3.8, 4) is 0 Å². The first kappa shape index (κ1) is 18.7. The summed E-state index contributed by atoms with van der Waals surface area (Å²) in [5.41, 5.74) is 3.80. The second-order valence-corrected chi connectivity index (χ2v) is 10.9. The number of aromatic nitrogens is 1. The van der Waals surface area contributed by atoms with Gasteiger partial charge in [0, 0.05) is 17.4 Å². The van der Waals surface area contributed by atoms with Crippen LogP contribution in [0, 0.1) is 34.4 Å². The van der Waals surface area contributed by atoms with Crippen LogP contribution in [0.5, 0.6) is 0 Å². The molecular weight excluding hydrogens is 417 g/mol. The molecule has 0 spiro atoms. The van der Waals surface area contributed by atoms with Gasteiger partial charge in [0.05, 0.1) is 6.20 Å². The van der Waals surface area contributed by atoms with Crippen LogP contribution in [-0.4, -0.2) is 15.6 Å². The first-order chi connectivity index (χ1) is 13.3. The number of fused-ring (bicyclic) bond motifs is 5. The predicted molar refractivity (Wildman–Crippen MR) is 112 cm³/mol. The summed E-state index contributed by atoms with van der Waals surface area (Å²) in [6, 6.07) is 1.64. The Morgan fingerprint density at radius 3 is 2.79 bits per heavy atom. The van der Waals surface area contributed by atoms with E-state index in [2.05, 4.69) is 40.8 Å². The second-order valence-electron chi connectivity index (χ2n) is 9.77. The molecule has 2 nitrogen and oxygen atoms in total. The van der Waals surface area contributed by atoms with E-state index in [1.165, 1.54) is 23.8 Å². The van der Waals surface area contributed by atoms with Crippen molar-refractivity contribution in [3.63, 3.8) is 0 Å². The van der Waals surface area contributed by atoms with Crippen molar-refractivity contribution in [2.45, 2.75) is 57.2 Å². The van der Waals surface area contributed by atoms with Crippen molar-refractivity contribution in [2.24, 2.45) is 28.6 Å². The summed E-state index contributed by atoms with van der Waals surface area (Å²) in [6.07, 6.45) is 13.5. The fourth-order valence-electron chi connectivity index (χ4n) is 7.13. The fourth-order valence-corrected chi connectivity index (χ4v) is 8.22. The van der Waals surface area contributed by atoms with Gasteiger partial charge in [-0.05, 0) is 89.5 Å². The summed E-state index contributed by atoms with van der Waals surface area (Å²) in [4.78, 5) is 16.5. The van der Waals surface area contributed by atoms with Crippen molar-refractivity contribution in [3.05, 3.63) is 47.6 Å². The first-order valence-electron chi connectivity index (χ1n) is 10.5. The smallest absolute Gasteiger partial charge is 0.155 e. The third-order valence-electron chi connectivity index (χ3n) is 8.54.